The fraction of sp³-hybridized carbons (Fsp3) is 0.571. The van der Waals surface area contributed by atoms with Crippen LogP contribution in [0, 0.1) is 11.8 Å². The monoisotopic (exact) mass is 356 g/mol. The van der Waals surface area contributed by atoms with Gasteiger partial charge in [0.2, 0.25) is 0 Å². The Hall–Kier alpha value is -2.01. The molecule has 140 valence electrons. The second kappa shape index (κ2) is 6.95. The Labute approximate surface area is 155 Å². The molecule has 4 rings (SSSR count). The number of ether oxygens (including phenoxy) is 2. The van der Waals surface area contributed by atoms with Gasteiger partial charge in [-0.15, -0.1) is 0 Å². The van der Waals surface area contributed by atoms with E-state index in [9.17, 15) is 4.79 Å². The molecule has 1 amide bonds. The van der Waals surface area contributed by atoms with Gasteiger partial charge in [-0.05, 0) is 30.5 Å². The molecule has 3 unspecified atom stereocenters. The van der Waals surface area contributed by atoms with Gasteiger partial charge in [-0.2, -0.15) is 0 Å². The zero-order valence-electron chi connectivity index (χ0n) is 15.5. The summed E-state index contributed by atoms with van der Waals surface area (Å²) in [5.41, 5.74) is 0.851. The van der Waals surface area contributed by atoms with Crippen LogP contribution in [0.25, 0.3) is 0 Å². The predicted octanol–water partition coefficient (Wildman–Crippen LogP) is 3.27. The summed E-state index contributed by atoms with van der Waals surface area (Å²) in [5.74, 6) is 0.641. The zero-order valence-corrected chi connectivity index (χ0v) is 15.5. The highest BCUT2D eigenvalue weighted by atomic mass is 16.6. The van der Waals surface area contributed by atoms with Crippen LogP contribution in [0.5, 0.6) is 0 Å². The summed E-state index contributed by atoms with van der Waals surface area (Å²) < 4.78 is 11.5. The SMILES string of the molecule is C=CN1CC(COC)C2OC(=O)N(Cc3ccccc3)C2(C2CCC2)C1. The molecule has 3 fully saturated rings. The molecule has 2 aliphatic heterocycles. The number of carbonyl (C=O) groups is 1. The minimum absolute atomic E-state index is 0.111. The van der Waals surface area contributed by atoms with Crippen LogP contribution < -0.4 is 0 Å². The van der Waals surface area contributed by atoms with Gasteiger partial charge in [-0.3, -0.25) is 4.90 Å². The Bertz CT molecular complexity index is 660. The van der Waals surface area contributed by atoms with E-state index >= 15 is 0 Å². The van der Waals surface area contributed by atoms with Gasteiger partial charge in [0.25, 0.3) is 0 Å². The molecule has 0 aromatic heterocycles. The first kappa shape index (κ1) is 17.4. The van der Waals surface area contributed by atoms with Gasteiger partial charge >= 0.3 is 6.09 Å². The second-order valence-electron chi connectivity index (χ2n) is 7.82. The number of nitrogens with zero attached hydrogens (tertiary/aromatic N) is 2. The smallest absolute Gasteiger partial charge is 0.411 e. The molecule has 1 aromatic carbocycles. The van der Waals surface area contributed by atoms with Gasteiger partial charge < -0.3 is 14.4 Å². The Morgan fingerprint density at radius 2 is 2.12 bits per heavy atom. The Kier molecular flexibility index (Phi) is 4.65. The highest BCUT2D eigenvalue weighted by Gasteiger charge is 2.64. The molecule has 2 heterocycles. The molecule has 1 saturated carbocycles. The highest BCUT2D eigenvalue weighted by molar-refractivity contribution is 5.72. The number of benzene rings is 1. The molecule has 1 aliphatic carbocycles. The van der Waals surface area contributed by atoms with E-state index in [0.717, 1.165) is 31.5 Å². The summed E-state index contributed by atoms with van der Waals surface area (Å²) in [6.07, 6.45) is 5.16. The maximum atomic E-state index is 13.0. The standard InChI is InChI=1S/C21H28N2O3/c1-3-22-13-17(14-25-2)19-21(15-22,18-10-7-11-18)23(20(24)26-19)12-16-8-5-4-6-9-16/h3-6,8-9,17-19H,1,7,10-15H2,2H3. The third kappa shape index (κ3) is 2.69. The molecule has 0 radical (unpaired) electrons. The van der Waals surface area contributed by atoms with Crippen LogP contribution in [-0.4, -0.2) is 54.3 Å². The minimum Gasteiger partial charge on any atom is -0.443 e. The summed E-state index contributed by atoms with van der Waals surface area (Å²) in [7, 11) is 1.72. The number of amides is 1. The average molecular weight is 356 g/mol. The number of likely N-dealkylation sites (tertiary alicyclic amines) is 1. The van der Waals surface area contributed by atoms with Crippen LogP contribution in [-0.2, 0) is 16.0 Å². The maximum absolute atomic E-state index is 13.0. The van der Waals surface area contributed by atoms with Crippen LogP contribution in [0.15, 0.2) is 43.1 Å². The lowest BCUT2D eigenvalue weighted by Crippen LogP contribution is -2.68. The second-order valence-corrected chi connectivity index (χ2v) is 7.82. The number of rotatable bonds is 6. The van der Waals surface area contributed by atoms with E-state index < -0.39 is 0 Å². The van der Waals surface area contributed by atoms with Crippen molar-refractivity contribution < 1.29 is 14.3 Å². The summed E-state index contributed by atoms with van der Waals surface area (Å²) >= 11 is 0. The van der Waals surface area contributed by atoms with Gasteiger partial charge in [0.05, 0.1) is 6.61 Å². The van der Waals surface area contributed by atoms with Crippen molar-refractivity contribution in [2.24, 2.45) is 11.8 Å². The number of hydrogen-bond acceptors (Lipinski definition) is 4. The third-order valence-corrected chi connectivity index (χ3v) is 6.43. The van der Waals surface area contributed by atoms with E-state index in [4.69, 9.17) is 9.47 Å². The van der Waals surface area contributed by atoms with Crippen molar-refractivity contribution in [3.8, 4) is 0 Å². The molecule has 2 saturated heterocycles. The summed E-state index contributed by atoms with van der Waals surface area (Å²) in [6.45, 7) is 6.80. The molecule has 5 nitrogen and oxygen atoms in total. The Morgan fingerprint density at radius 1 is 1.35 bits per heavy atom. The Morgan fingerprint density at radius 3 is 2.73 bits per heavy atom. The van der Waals surface area contributed by atoms with Crippen LogP contribution >= 0.6 is 0 Å². The molecular weight excluding hydrogens is 328 g/mol. The predicted molar refractivity (Wildman–Crippen MR) is 99.5 cm³/mol. The number of fused-ring (bicyclic) bond motifs is 1. The molecular formula is C21H28N2O3. The molecule has 26 heavy (non-hydrogen) atoms. The fourth-order valence-corrected chi connectivity index (χ4v) is 5.03. The third-order valence-electron chi connectivity index (χ3n) is 6.43. The van der Waals surface area contributed by atoms with Gasteiger partial charge in [0.15, 0.2) is 0 Å². The fourth-order valence-electron chi connectivity index (χ4n) is 5.03. The first-order valence-corrected chi connectivity index (χ1v) is 9.56. The van der Waals surface area contributed by atoms with Crippen LogP contribution in [0.3, 0.4) is 0 Å². The summed E-state index contributed by atoms with van der Waals surface area (Å²) in [5, 5.41) is 0. The molecule has 5 heteroatoms. The Balaban J connectivity index is 1.72. The maximum Gasteiger partial charge on any atom is 0.411 e. The van der Waals surface area contributed by atoms with E-state index in [0.29, 0.717) is 19.1 Å². The zero-order chi connectivity index (χ0) is 18.1. The lowest BCUT2D eigenvalue weighted by Gasteiger charge is -2.55. The van der Waals surface area contributed by atoms with Crippen molar-refractivity contribution in [2.75, 3.05) is 26.8 Å². The minimum atomic E-state index is -0.291. The van der Waals surface area contributed by atoms with Crippen molar-refractivity contribution in [1.29, 1.82) is 0 Å². The first-order valence-electron chi connectivity index (χ1n) is 9.56. The van der Waals surface area contributed by atoms with Gasteiger partial charge in [0.1, 0.15) is 11.6 Å². The molecule has 3 atom stereocenters. The molecule has 1 aromatic rings. The number of piperidine rings is 1. The molecule has 0 bridgehead atoms. The largest absolute Gasteiger partial charge is 0.443 e. The van der Waals surface area contributed by atoms with Gasteiger partial charge in [-0.25, -0.2) is 4.79 Å². The van der Waals surface area contributed by atoms with Gasteiger partial charge in [-0.1, -0.05) is 43.3 Å². The summed E-state index contributed by atoms with van der Waals surface area (Å²) in [4.78, 5) is 17.2. The number of methoxy groups -OCH3 is 1. The topological polar surface area (TPSA) is 42.0 Å². The molecule has 0 spiro atoms. The number of hydrogen-bond donors (Lipinski definition) is 0. The quantitative estimate of drug-likeness (QED) is 0.785. The van der Waals surface area contributed by atoms with Crippen molar-refractivity contribution in [3.63, 3.8) is 0 Å². The van der Waals surface area contributed by atoms with Crippen molar-refractivity contribution in [1.82, 2.24) is 9.80 Å². The van der Waals surface area contributed by atoms with Crippen molar-refractivity contribution in [2.45, 2.75) is 37.5 Å². The van der Waals surface area contributed by atoms with Crippen LogP contribution in [0.1, 0.15) is 24.8 Å². The molecule has 3 aliphatic rings. The van der Waals surface area contributed by atoms with Gasteiger partial charge in [0, 0.05) is 32.7 Å². The lowest BCUT2D eigenvalue weighted by atomic mass is 9.63. The normalized spacial score (nSPS) is 31.3. The van der Waals surface area contributed by atoms with Crippen LogP contribution in [0.2, 0.25) is 0 Å². The van der Waals surface area contributed by atoms with E-state index in [2.05, 4.69) is 23.6 Å². The van der Waals surface area contributed by atoms with Crippen molar-refractivity contribution in [3.05, 3.63) is 48.7 Å². The van der Waals surface area contributed by atoms with E-state index in [1.165, 1.54) is 6.42 Å². The summed E-state index contributed by atoms with van der Waals surface area (Å²) in [6, 6.07) is 10.2. The number of carbonyl (C=O) groups excluding carboxylic acids is 1. The van der Waals surface area contributed by atoms with E-state index in [1.807, 2.05) is 29.3 Å². The first-order chi connectivity index (χ1) is 12.7. The van der Waals surface area contributed by atoms with E-state index in [-0.39, 0.29) is 23.7 Å². The van der Waals surface area contributed by atoms with Crippen molar-refractivity contribution >= 4 is 6.09 Å². The van der Waals surface area contributed by atoms with E-state index in [1.54, 1.807) is 7.11 Å². The average Bonchev–Trinajstić information content (AvgIpc) is 2.87. The van der Waals surface area contributed by atoms with Crippen LogP contribution in [0.4, 0.5) is 4.79 Å². The molecule has 0 N–H and O–H groups in total. The highest BCUT2D eigenvalue weighted by Crippen LogP contribution is 2.51. The lowest BCUT2D eigenvalue weighted by molar-refractivity contribution is -0.0873.